The molecule has 2 atom stereocenters. The number of ether oxygens (including phenoxy) is 1. The number of nitro benzene ring substituents is 1. The quantitative estimate of drug-likeness (QED) is 0.570. The number of likely N-dealkylation sites (tertiary alicyclic amines) is 1. The zero-order valence-electron chi connectivity index (χ0n) is 10.5. The van der Waals surface area contributed by atoms with Gasteiger partial charge in [-0.15, -0.1) is 0 Å². The second kappa shape index (κ2) is 5.85. The fraction of sp³-hybridized carbons (Fsp3) is 0.417. The smallest absolute Gasteiger partial charge is 0.273 e. The van der Waals surface area contributed by atoms with Crippen LogP contribution in [0.2, 0.25) is 0 Å². The Bertz CT molecular complexity index is 510. The third-order valence-corrected chi connectivity index (χ3v) is 3.00. The molecular weight excluding hydrogens is 268 g/mol. The van der Waals surface area contributed by atoms with E-state index in [-0.39, 0.29) is 31.1 Å². The maximum atomic E-state index is 11.8. The molecular formula is C12H14N2O6. The van der Waals surface area contributed by atoms with E-state index in [0.717, 1.165) is 0 Å². The highest BCUT2D eigenvalue weighted by molar-refractivity contribution is 5.78. The first-order valence-corrected chi connectivity index (χ1v) is 5.98. The molecule has 0 spiro atoms. The Labute approximate surface area is 114 Å². The number of rotatable bonds is 4. The van der Waals surface area contributed by atoms with Crippen molar-refractivity contribution >= 4 is 11.6 Å². The third-order valence-electron chi connectivity index (χ3n) is 3.00. The monoisotopic (exact) mass is 282 g/mol. The standard InChI is InChI=1S/C12H14N2O6/c15-10-5-13(6-11(10)16)12(17)7-20-9-3-1-2-8(4-9)14(18)19/h1-4,10-11,15-16H,5-7H2/t10-,11+. The number of carbonyl (C=O) groups excluding carboxylic acids is 1. The van der Waals surface area contributed by atoms with Crippen LogP contribution in [0.15, 0.2) is 24.3 Å². The molecule has 1 aromatic carbocycles. The van der Waals surface area contributed by atoms with Gasteiger partial charge in [0.1, 0.15) is 5.75 Å². The van der Waals surface area contributed by atoms with Crippen molar-refractivity contribution in [2.45, 2.75) is 12.2 Å². The first-order chi connectivity index (χ1) is 9.47. The molecule has 8 heteroatoms. The van der Waals surface area contributed by atoms with E-state index in [1.165, 1.54) is 29.2 Å². The van der Waals surface area contributed by atoms with Crippen molar-refractivity contribution in [1.82, 2.24) is 4.90 Å². The summed E-state index contributed by atoms with van der Waals surface area (Å²) in [6.07, 6.45) is -1.89. The molecule has 0 radical (unpaired) electrons. The molecule has 0 aromatic heterocycles. The van der Waals surface area contributed by atoms with Gasteiger partial charge in [0.05, 0.1) is 23.2 Å². The van der Waals surface area contributed by atoms with E-state index in [1.54, 1.807) is 0 Å². The van der Waals surface area contributed by atoms with Crippen LogP contribution in [0, 0.1) is 10.1 Å². The largest absolute Gasteiger partial charge is 0.484 e. The molecule has 1 aromatic rings. The first-order valence-electron chi connectivity index (χ1n) is 5.98. The number of amides is 1. The van der Waals surface area contributed by atoms with Gasteiger partial charge in [0.15, 0.2) is 6.61 Å². The average molecular weight is 282 g/mol. The van der Waals surface area contributed by atoms with Gasteiger partial charge in [0.25, 0.3) is 11.6 Å². The van der Waals surface area contributed by atoms with E-state index in [1.807, 2.05) is 0 Å². The van der Waals surface area contributed by atoms with Crippen LogP contribution < -0.4 is 4.74 Å². The molecule has 108 valence electrons. The zero-order valence-corrected chi connectivity index (χ0v) is 10.5. The molecule has 1 heterocycles. The van der Waals surface area contributed by atoms with Crippen molar-refractivity contribution < 1.29 is 24.7 Å². The van der Waals surface area contributed by atoms with E-state index in [4.69, 9.17) is 4.74 Å². The van der Waals surface area contributed by atoms with Crippen molar-refractivity contribution in [1.29, 1.82) is 0 Å². The minimum atomic E-state index is -0.947. The first kappa shape index (κ1) is 14.2. The molecule has 2 rings (SSSR count). The lowest BCUT2D eigenvalue weighted by Crippen LogP contribution is -2.33. The van der Waals surface area contributed by atoms with Crippen LogP contribution in [0.25, 0.3) is 0 Å². The number of nitrogens with zero attached hydrogens (tertiary/aromatic N) is 2. The zero-order chi connectivity index (χ0) is 14.7. The predicted molar refractivity (Wildman–Crippen MR) is 67.2 cm³/mol. The summed E-state index contributed by atoms with van der Waals surface area (Å²) in [5.41, 5.74) is -0.123. The van der Waals surface area contributed by atoms with Gasteiger partial charge in [-0.05, 0) is 6.07 Å². The highest BCUT2D eigenvalue weighted by Gasteiger charge is 2.32. The van der Waals surface area contributed by atoms with Crippen LogP contribution in [-0.2, 0) is 4.79 Å². The number of hydrogen-bond acceptors (Lipinski definition) is 6. The summed E-state index contributed by atoms with van der Waals surface area (Å²) in [5.74, 6) is -0.181. The minimum absolute atomic E-state index is 0.0539. The van der Waals surface area contributed by atoms with Gasteiger partial charge in [0, 0.05) is 19.2 Å². The molecule has 0 unspecified atom stereocenters. The van der Waals surface area contributed by atoms with Crippen LogP contribution >= 0.6 is 0 Å². The van der Waals surface area contributed by atoms with Gasteiger partial charge in [-0.25, -0.2) is 0 Å². The summed E-state index contributed by atoms with van der Waals surface area (Å²) < 4.78 is 5.18. The lowest BCUT2D eigenvalue weighted by atomic mass is 10.3. The van der Waals surface area contributed by atoms with E-state index >= 15 is 0 Å². The molecule has 0 aliphatic carbocycles. The van der Waals surface area contributed by atoms with E-state index < -0.39 is 23.0 Å². The normalized spacial score (nSPS) is 21.8. The van der Waals surface area contributed by atoms with E-state index in [2.05, 4.69) is 0 Å². The van der Waals surface area contributed by atoms with E-state index in [0.29, 0.717) is 0 Å². The van der Waals surface area contributed by atoms with Gasteiger partial charge in [0.2, 0.25) is 0 Å². The Morgan fingerprint density at radius 2 is 2.05 bits per heavy atom. The van der Waals surface area contributed by atoms with Crippen LogP contribution in [0.1, 0.15) is 0 Å². The molecule has 20 heavy (non-hydrogen) atoms. The number of aliphatic hydroxyl groups excluding tert-OH is 2. The lowest BCUT2D eigenvalue weighted by Gasteiger charge is -2.15. The lowest BCUT2D eigenvalue weighted by molar-refractivity contribution is -0.384. The second-order valence-corrected chi connectivity index (χ2v) is 4.48. The fourth-order valence-corrected chi connectivity index (χ4v) is 1.90. The Morgan fingerprint density at radius 1 is 1.40 bits per heavy atom. The Hall–Kier alpha value is -2.19. The van der Waals surface area contributed by atoms with Crippen LogP contribution in [0.4, 0.5) is 5.69 Å². The molecule has 8 nitrogen and oxygen atoms in total. The maximum absolute atomic E-state index is 11.8. The molecule has 0 bridgehead atoms. The highest BCUT2D eigenvalue weighted by atomic mass is 16.6. The van der Waals surface area contributed by atoms with Gasteiger partial charge in [-0.3, -0.25) is 14.9 Å². The number of hydrogen-bond donors (Lipinski definition) is 2. The summed E-state index contributed by atoms with van der Waals surface area (Å²) >= 11 is 0. The maximum Gasteiger partial charge on any atom is 0.273 e. The number of nitro groups is 1. The van der Waals surface area contributed by atoms with Gasteiger partial charge in [-0.1, -0.05) is 6.07 Å². The summed E-state index contributed by atoms with van der Waals surface area (Å²) in [6, 6.07) is 5.51. The van der Waals surface area contributed by atoms with Gasteiger partial charge < -0.3 is 19.8 Å². The molecule has 2 N–H and O–H groups in total. The van der Waals surface area contributed by atoms with Crippen molar-refractivity contribution in [3.8, 4) is 5.75 Å². The average Bonchev–Trinajstić information content (AvgIpc) is 2.76. The molecule has 1 aliphatic heterocycles. The number of benzene rings is 1. The van der Waals surface area contributed by atoms with Crippen molar-refractivity contribution in [3.05, 3.63) is 34.4 Å². The van der Waals surface area contributed by atoms with Crippen LogP contribution in [0.5, 0.6) is 5.75 Å². The molecule has 1 fully saturated rings. The Morgan fingerprint density at radius 3 is 2.65 bits per heavy atom. The highest BCUT2D eigenvalue weighted by Crippen LogP contribution is 2.19. The molecule has 0 saturated carbocycles. The molecule has 1 amide bonds. The number of β-amino-alcohol motifs (C(OH)–C–C–N with tert-alkyl or cyclic N) is 2. The summed E-state index contributed by atoms with van der Waals surface area (Å²) in [6.45, 7) is -0.197. The van der Waals surface area contributed by atoms with Crippen molar-refractivity contribution in [2.24, 2.45) is 0 Å². The van der Waals surface area contributed by atoms with E-state index in [9.17, 15) is 25.1 Å². The van der Waals surface area contributed by atoms with Gasteiger partial charge >= 0.3 is 0 Å². The summed E-state index contributed by atoms with van der Waals surface area (Å²) in [7, 11) is 0. The molecule has 1 saturated heterocycles. The SMILES string of the molecule is O=C(COc1cccc([N+](=O)[O-])c1)N1C[C@@H](O)[C@@H](O)C1. The van der Waals surface area contributed by atoms with Crippen LogP contribution in [0.3, 0.4) is 0 Å². The van der Waals surface area contributed by atoms with Crippen molar-refractivity contribution in [3.63, 3.8) is 0 Å². The second-order valence-electron chi connectivity index (χ2n) is 4.48. The molecule has 1 aliphatic rings. The Balaban J connectivity index is 1.90. The third kappa shape index (κ3) is 3.22. The summed E-state index contributed by atoms with van der Waals surface area (Å²) in [5, 5.41) is 29.3. The van der Waals surface area contributed by atoms with Crippen molar-refractivity contribution in [2.75, 3.05) is 19.7 Å². The topological polar surface area (TPSA) is 113 Å². The number of aliphatic hydroxyl groups is 2. The summed E-state index contributed by atoms with van der Waals surface area (Å²) in [4.78, 5) is 23.1. The fourth-order valence-electron chi connectivity index (χ4n) is 1.90. The predicted octanol–water partition coefficient (Wildman–Crippen LogP) is -0.462. The minimum Gasteiger partial charge on any atom is -0.484 e. The van der Waals surface area contributed by atoms with Gasteiger partial charge in [-0.2, -0.15) is 0 Å². The number of non-ortho nitro benzene ring substituents is 1. The number of carbonyl (C=O) groups is 1. The Kier molecular flexibility index (Phi) is 4.16. The van der Waals surface area contributed by atoms with Crippen LogP contribution in [-0.4, -0.2) is 57.8 Å².